The second-order valence-electron chi connectivity index (χ2n) is 6.17. The SMILES string of the molecule is NC(=Nc1ccc2c(C3=CCC(N)CC3)c[nH]c2c1)c1cccs1. The lowest BCUT2D eigenvalue weighted by molar-refractivity contribution is 0.615. The first-order valence-electron chi connectivity index (χ1n) is 8.15. The molecule has 2 aromatic heterocycles. The molecule has 24 heavy (non-hydrogen) atoms. The largest absolute Gasteiger partial charge is 0.383 e. The summed E-state index contributed by atoms with van der Waals surface area (Å²) in [4.78, 5) is 8.89. The van der Waals surface area contributed by atoms with Crippen molar-refractivity contribution in [1.82, 2.24) is 4.98 Å². The van der Waals surface area contributed by atoms with Gasteiger partial charge in [-0.3, -0.25) is 0 Å². The molecule has 0 radical (unpaired) electrons. The summed E-state index contributed by atoms with van der Waals surface area (Å²) >= 11 is 1.60. The number of rotatable bonds is 3. The average molecular weight is 336 g/mol. The van der Waals surface area contributed by atoms with Crippen molar-refractivity contribution in [2.24, 2.45) is 16.5 Å². The van der Waals surface area contributed by atoms with Gasteiger partial charge in [0.05, 0.1) is 10.6 Å². The van der Waals surface area contributed by atoms with Gasteiger partial charge in [0.15, 0.2) is 0 Å². The van der Waals surface area contributed by atoms with Crippen LogP contribution < -0.4 is 11.5 Å². The number of nitrogens with one attached hydrogen (secondary N) is 1. The molecule has 0 spiro atoms. The topological polar surface area (TPSA) is 80.2 Å². The van der Waals surface area contributed by atoms with Crippen LogP contribution in [0.2, 0.25) is 0 Å². The van der Waals surface area contributed by atoms with Crippen LogP contribution in [0, 0.1) is 0 Å². The molecule has 1 atom stereocenters. The Balaban J connectivity index is 1.67. The maximum Gasteiger partial charge on any atom is 0.141 e. The highest BCUT2D eigenvalue weighted by molar-refractivity contribution is 7.12. The molecule has 0 saturated carbocycles. The second kappa shape index (κ2) is 6.26. The van der Waals surface area contributed by atoms with E-state index in [1.165, 1.54) is 16.5 Å². The number of thiophene rings is 1. The van der Waals surface area contributed by atoms with Crippen LogP contribution in [0.25, 0.3) is 16.5 Å². The lowest BCUT2D eigenvalue weighted by Gasteiger charge is -2.17. The van der Waals surface area contributed by atoms with Gasteiger partial charge in [0, 0.05) is 28.7 Å². The third-order valence-electron chi connectivity index (χ3n) is 4.49. The zero-order valence-corrected chi connectivity index (χ0v) is 14.1. The molecule has 1 aliphatic rings. The Labute approximate surface area is 144 Å². The summed E-state index contributed by atoms with van der Waals surface area (Å²) in [7, 11) is 0. The van der Waals surface area contributed by atoms with E-state index in [4.69, 9.17) is 11.5 Å². The lowest BCUT2D eigenvalue weighted by Crippen LogP contribution is -2.21. The Morgan fingerprint density at radius 3 is 2.96 bits per heavy atom. The Kier molecular flexibility index (Phi) is 3.96. The number of benzene rings is 1. The number of allylic oxidation sites excluding steroid dienone is 1. The maximum absolute atomic E-state index is 6.08. The monoisotopic (exact) mass is 336 g/mol. The molecule has 0 aliphatic heterocycles. The Hall–Kier alpha value is -2.37. The Morgan fingerprint density at radius 2 is 2.21 bits per heavy atom. The van der Waals surface area contributed by atoms with Gasteiger partial charge in [-0.25, -0.2) is 4.99 Å². The van der Waals surface area contributed by atoms with Gasteiger partial charge in [0.2, 0.25) is 0 Å². The molecule has 1 aromatic carbocycles. The molecule has 0 amide bonds. The predicted molar refractivity (Wildman–Crippen MR) is 103 cm³/mol. The van der Waals surface area contributed by atoms with Gasteiger partial charge in [-0.15, -0.1) is 11.3 Å². The van der Waals surface area contributed by atoms with Crippen molar-refractivity contribution in [1.29, 1.82) is 0 Å². The molecular weight excluding hydrogens is 316 g/mol. The van der Waals surface area contributed by atoms with Crippen LogP contribution in [-0.2, 0) is 0 Å². The third-order valence-corrected chi connectivity index (χ3v) is 5.38. The summed E-state index contributed by atoms with van der Waals surface area (Å²) in [6.07, 6.45) is 7.42. The van der Waals surface area contributed by atoms with Gasteiger partial charge < -0.3 is 16.5 Å². The van der Waals surface area contributed by atoms with Crippen LogP contribution in [0.15, 0.2) is 53.0 Å². The zero-order valence-electron chi connectivity index (χ0n) is 13.3. The van der Waals surface area contributed by atoms with Crippen LogP contribution >= 0.6 is 11.3 Å². The molecule has 5 heteroatoms. The van der Waals surface area contributed by atoms with Gasteiger partial charge in [-0.1, -0.05) is 18.2 Å². The fraction of sp³-hybridized carbons (Fsp3) is 0.211. The predicted octanol–water partition coefficient (Wildman–Crippen LogP) is 4.16. The van der Waals surface area contributed by atoms with Crippen molar-refractivity contribution >= 4 is 39.3 Å². The normalized spacial score (nSPS) is 18.8. The molecule has 0 fully saturated rings. The van der Waals surface area contributed by atoms with Gasteiger partial charge in [0.25, 0.3) is 0 Å². The molecule has 1 unspecified atom stereocenters. The summed E-state index contributed by atoms with van der Waals surface area (Å²) in [5.41, 5.74) is 16.7. The van der Waals surface area contributed by atoms with Gasteiger partial charge >= 0.3 is 0 Å². The summed E-state index contributed by atoms with van der Waals surface area (Å²) in [6, 6.07) is 10.5. The first-order valence-corrected chi connectivity index (χ1v) is 9.03. The maximum atomic E-state index is 6.08. The number of nitrogens with two attached hydrogens (primary N) is 2. The molecular formula is C19H20N4S. The molecule has 5 N–H and O–H groups in total. The summed E-state index contributed by atoms with van der Waals surface area (Å²) in [5, 5.41) is 3.23. The van der Waals surface area contributed by atoms with Crippen LogP contribution in [0.3, 0.4) is 0 Å². The minimum absolute atomic E-state index is 0.306. The van der Waals surface area contributed by atoms with E-state index in [-0.39, 0.29) is 0 Å². The number of aliphatic imine (C=N–C) groups is 1. The molecule has 4 nitrogen and oxygen atoms in total. The van der Waals surface area contributed by atoms with Crippen molar-refractivity contribution in [2.75, 3.05) is 0 Å². The fourth-order valence-corrected chi connectivity index (χ4v) is 3.79. The first kappa shape index (κ1) is 15.2. The zero-order chi connectivity index (χ0) is 16.5. The number of nitrogens with zero attached hydrogens (tertiary/aromatic N) is 1. The summed E-state index contributed by atoms with van der Waals surface area (Å²) in [6.45, 7) is 0. The highest BCUT2D eigenvalue weighted by Crippen LogP contribution is 2.33. The minimum atomic E-state index is 0.306. The average Bonchev–Trinajstić information content (AvgIpc) is 3.25. The van der Waals surface area contributed by atoms with Gasteiger partial charge in [-0.2, -0.15) is 0 Å². The lowest BCUT2D eigenvalue weighted by atomic mass is 9.91. The van der Waals surface area contributed by atoms with Crippen LogP contribution in [0.1, 0.15) is 29.7 Å². The third kappa shape index (κ3) is 2.88. The number of H-pyrrole nitrogens is 1. The van der Waals surface area contributed by atoms with E-state index in [1.807, 2.05) is 23.6 Å². The first-order chi connectivity index (χ1) is 11.7. The van der Waals surface area contributed by atoms with E-state index in [0.29, 0.717) is 11.9 Å². The molecule has 4 rings (SSSR count). The number of hydrogen-bond acceptors (Lipinski definition) is 3. The van der Waals surface area contributed by atoms with Crippen molar-refractivity contribution < 1.29 is 0 Å². The smallest absolute Gasteiger partial charge is 0.141 e. The molecule has 0 bridgehead atoms. The van der Waals surface area contributed by atoms with Crippen molar-refractivity contribution in [2.45, 2.75) is 25.3 Å². The fourth-order valence-electron chi connectivity index (χ4n) is 3.17. The van der Waals surface area contributed by atoms with E-state index in [9.17, 15) is 0 Å². The number of aromatic amines is 1. The summed E-state index contributed by atoms with van der Waals surface area (Å²) < 4.78 is 0. The van der Waals surface area contributed by atoms with Crippen LogP contribution in [0.4, 0.5) is 5.69 Å². The van der Waals surface area contributed by atoms with Crippen molar-refractivity contribution in [3.05, 3.63) is 58.4 Å². The van der Waals surface area contributed by atoms with E-state index in [0.717, 1.165) is 35.3 Å². The number of amidine groups is 1. The van der Waals surface area contributed by atoms with Crippen molar-refractivity contribution in [3.8, 4) is 0 Å². The number of fused-ring (bicyclic) bond motifs is 1. The van der Waals surface area contributed by atoms with Crippen LogP contribution in [-0.4, -0.2) is 16.9 Å². The molecule has 2 heterocycles. The van der Waals surface area contributed by atoms with Crippen molar-refractivity contribution in [3.63, 3.8) is 0 Å². The van der Waals surface area contributed by atoms with Crippen LogP contribution in [0.5, 0.6) is 0 Å². The second-order valence-corrected chi connectivity index (χ2v) is 7.12. The minimum Gasteiger partial charge on any atom is -0.383 e. The molecule has 3 aromatic rings. The van der Waals surface area contributed by atoms with E-state index in [1.54, 1.807) is 11.3 Å². The van der Waals surface area contributed by atoms with E-state index < -0.39 is 0 Å². The molecule has 1 aliphatic carbocycles. The van der Waals surface area contributed by atoms with Gasteiger partial charge in [-0.05, 0) is 48.4 Å². The van der Waals surface area contributed by atoms with Gasteiger partial charge in [0.1, 0.15) is 5.84 Å². The highest BCUT2D eigenvalue weighted by atomic mass is 32.1. The highest BCUT2D eigenvalue weighted by Gasteiger charge is 2.15. The van der Waals surface area contributed by atoms with E-state index in [2.05, 4.69) is 34.4 Å². The number of aromatic nitrogens is 1. The number of hydrogen-bond donors (Lipinski definition) is 3. The molecule has 0 saturated heterocycles. The Bertz CT molecular complexity index is 918. The van der Waals surface area contributed by atoms with E-state index >= 15 is 0 Å². The standard InChI is InChI=1S/C19H20N4S/c20-13-5-3-12(4-6-13)16-11-22-17-10-14(7-8-15(16)17)23-19(21)18-2-1-9-24-18/h1-3,7-11,13,22H,4-6,20H2,(H2,21,23). The quantitative estimate of drug-likeness (QED) is 0.496. The Morgan fingerprint density at radius 1 is 1.29 bits per heavy atom. The molecule has 122 valence electrons. The summed E-state index contributed by atoms with van der Waals surface area (Å²) in [5.74, 6) is 0.556.